The molecule has 0 spiro atoms. The van der Waals surface area contributed by atoms with E-state index in [0.717, 1.165) is 6.07 Å². The summed E-state index contributed by atoms with van der Waals surface area (Å²) in [4.78, 5) is -0.0129. The van der Waals surface area contributed by atoms with Crippen LogP contribution >= 0.6 is 0 Å². The number of anilines is 1. The Hall–Kier alpha value is -2.93. The van der Waals surface area contributed by atoms with Crippen molar-refractivity contribution in [3.8, 4) is 5.75 Å². The van der Waals surface area contributed by atoms with E-state index in [2.05, 4.69) is 0 Å². The van der Waals surface area contributed by atoms with Crippen molar-refractivity contribution < 1.29 is 21.9 Å². The third-order valence-electron chi connectivity index (χ3n) is 4.28. The van der Waals surface area contributed by atoms with Gasteiger partial charge in [-0.25, -0.2) is 17.2 Å². The molecule has 0 amide bonds. The smallest absolute Gasteiger partial charge is 0.264 e. The number of hydrogen-bond donors (Lipinski definition) is 0. The topological polar surface area (TPSA) is 46.6 Å². The number of halogens is 2. The number of benzene rings is 3. The number of ether oxygens (including phenoxy) is 1. The van der Waals surface area contributed by atoms with Gasteiger partial charge in [-0.3, -0.25) is 4.31 Å². The Balaban J connectivity index is 2.10. The van der Waals surface area contributed by atoms with Gasteiger partial charge in [0.2, 0.25) is 0 Å². The largest absolute Gasteiger partial charge is 0.497 e. The second kappa shape index (κ2) is 7.98. The number of hydrogen-bond acceptors (Lipinski definition) is 3. The van der Waals surface area contributed by atoms with Crippen molar-refractivity contribution in [2.45, 2.75) is 18.4 Å². The van der Waals surface area contributed by atoms with E-state index in [9.17, 15) is 17.2 Å². The van der Waals surface area contributed by atoms with Gasteiger partial charge in [0.25, 0.3) is 10.0 Å². The molecule has 0 aromatic heterocycles. The molecule has 0 heterocycles. The van der Waals surface area contributed by atoms with E-state index in [1.165, 1.54) is 54.7 Å². The van der Waals surface area contributed by atoms with E-state index < -0.39 is 21.7 Å². The average Bonchev–Trinajstić information content (AvgIpc) is 2.66. The van der Waals surface area contributed by atoms with Gasteiger partial charge < -0.3 is 4.74 Å². The van der Waals surface area contributed by atoms with Crippen LogP contribution in [0.2, 0.25) is 0 Å². The van der Waals surface area contributed by atoms with Crippen LogP contribution < -0.4 is 9.04 Å². The Morgan fingerprint density at radius 2 is 1.61 bits per heavy atom. The summed E-state index contributed by atoms with van der Waals surface area (Å²) in [6.45, 7) is 1.53. The monoisotopic (exact) mass is 403 g/mol. The molecular weight excluding hydrogens is 384 g/mol. The minimum atomic E-state index is -4.03. The number of rotatable bonds is 6. The van der Waals surface area contributed by atoms with E-state index >= 15 is 0 Å². The van der Waals surface area contributed by atoms with Gasteiger partial charge in [-0.2, -0.15) is 0 Å². The third kappa shape index (κ3) is 4.14. The Kier molecular flexibility index (Phi) is 5.65. The molecule has 0 fully saturated rings. The first kappa shape index (κ1) is 19.8. The first-order valence-electron chi connectivity index (χ1n) is 8.48. The molecule has 0 unspecified atom stereocenters. The highest BCUT2D eigenvalue weighted by Crippen LogP contribution is 2.29. The van der Waals surface area contributed by atoms with E-state index in [4.69, 9.17) is 4.74 Å². The first-order chi connectivity index (χ1) is 13.3. The zero-order chi connectivity index (χ0) is 20.3. The minimum Gasteiger partial charge on any atom is -0.497 e. The molecule has 4 nitrogen and oxygen atoms in total. The van der Waals surface area contributed by atoms with Crippen molar-refractivity contribution in [1.82, 2.24) is 0 Å². The summed E-state index contributed by atoms with van der Waals surface area (Å²) in [5, 5.41) is 0. The van der Waals surface area contributed by atoms with Gasteiger partial charge in [0.05, 0.1) is 24.2 Å². The Bertz CT molecular complexity index is 1080. The lowest BCUT2D eigenvalue weighted by Gasteiger charge is -2.25. The molecule has 0 aliphatic carbocycles. The number of sulfonamides is 1. The fraction of sp³-hybridized carbons (Fsp3) is 0.143. The number of methoxy groups -OCH3 is 1. The predicted octanol–water partition coefficient (Wildman–Crippen LogP) is 4.68. The molecule has 3 rings (SSSR count). The van der Waals surface area contributed by atoms with Crippen LogP contribution in [-0.4, -0.2) is 15.5 Å². The van der Waals surface area contributed by atoms with Crippen LogP contribution in [-0.2, 0) is 16.6 Å². The third-order valence-corrected chi connectivity index (χ3v) is 6.21. The summed E-state index contributed by atoms with van der Waals surface area (Å²) in [7, 11) is -2.51. The molecule has 3 aromatic carbocycles. The van der Waals surface area contributed by atoms with Crippen molar-refractivity contribution in [3.63, 3.8) is 0 Å². The quantitative estimate of drug-likeness (QED) is 0.601. The van der Waals surface area contributed by atoms with Gasteiger partial charge in [-0.1, -0.05) is 12.1 Å². The van der Waals surface area contributed by atoms with Crippen LogP contribution in [0.1, 0.15) is 11.1 Å². The standard InChI is InChI=1S/C21H19F2NO3S/c1-15-12-18(23)8-11-21(15)28(25,26)24(19-9-6-17(22)7-10-19)14-16-4-3-5-20(13-16)27-2/h3-13H,14H2,1-2H3. The van der Waals surface area contributed by atoms with Crippen molar-refractivity contribution in [3.05, 3.63) is 89.5 Å². The molecule has 0 aliphatic heterocycles. The SMILES string of the molecule is COc1cccc(CN(c2ccc(F)cc2)S(=O)(=O)c2ccc(F)cc2C)c1. The van der Waals surface area contributed by atoms with Gasteiger partial charge in [0, 0.05) is 0 Å². The molecule has 7 heteroatoms. The van der Waals surface area contributed by atoms with E-state index in [0.29, 0.717) is 17.0 Å². The summed E-state index contributed by atoms with van der Waals surface area (Å²) < 4.78 is 60.0. The Morgan fingerprint density at radius 3 is 2.25 bits per heavy atom. The predicted molar refractivity (Wildman–Crippen MR) is 104 cm³/mol. The fourth-order valence-corrected chi connectivity index (χ4v) is 4.54. The molecule has 0 N–H and O–H groups in total. The van der Waals surface area contributed by atoms with E-state index in [1.807, 2.05) is 0 Å². The van der Waals surface area contributed by atoms with Crippen LogP contribution in [0.25, 0.3) is 0 Å². The van der Waals surface area contributed by atoms with Crippen molar-refractivity contribution in [2.75, 3.05) is 11.4 Å². The zero-order valence-corrected chi connectivity index (χ0v) is 16.2. The first-order valence-corrected chi connectivity index (χ1v) is 9.92. The molecule has 0 saturated carbocycles. The van der Waals surface area contributed by atoms with Gasteiger partial charge in [0.15, 0.2) is 0 Å². The average molecular weight is 403 g/mol. The molecule has 28 heavy (non-hydrogen) atoms. The van der Waals surface area contributed by atoms with Gasteiger partial charge >= 0.3 is 0 Å². The molecule has 146 valence electrons. The maximum absolute atomic E-state index is 13.5. The molecule has 0 saturated heterocycles. The normalized spacial score (nSPS) is 11.3. The maximum atomic E-state index is 13.5. The van der Waals surface area contributed by atoms with Gasteiger partial charge in [0.1, 0.15) is 17.4 Å². The second-order valence-electron chi connectivity index (χ2n) is 6.25. The lowest BCUT2D eigenvalue weighted by atomic mass is 10.2. The maximum Gasteiger partial charge on any atom is 0.264 e. The van der Waals surface area contributed by atoms with Crippen LogP contribution in [0, 0.1) is 18.6 Å². The summed E-state index contributed by atoms with van der Waals surface area (Å²) in [6, 6.07) is 15.7. The molecular formula is C21H19F2NO3S. The molecule has 0 atom stereocenters. The lowest BCUT2D eigenvalue weighted by molar-refractivity contribution is 0.414. The summed E-state index contributed by atoms with van der Waals surface area (Å²) in [5.74, 6) is -0.398. The minimum absolute atomic E-state index is 0.00197. The van der Waals surface area contributed by atoms with E-state index in [1.54, 1.807) is 24.3 Å². The molecule has 0 radical (unpaired) electrons. The molecule has 0 bridgehead atoms. The van der Waals surface area contributed by atoms with Crippen LogP contribution in [0.3, 0.4) is 0 Å². The highest BCUT2D eigenvalue weighted by molar-refractivity contribution is 7.92. The highest BCUT2D eigenvalue weighted by Gasteiger charge is 2.27. The van der Waals surface area contributed by atoms with Gasteiger partial charge in [-0.05, 0) is 72.6 Å². The van der Waals surface area contributed by atoms with Crippen molar-refractivity contribution in [1.29, 1.82) is 0 Å². The molecule has 3 aromatic rings. The van der Waals surface area contributed by atoms with Crippen LogP contribution in [0.5, 0.6) is 5.75 Å². The summed E-state index contributed by atoms with van der Waals surface area (Å²) >= 11 is 0. The lowest BCUT2D eigenvalue weighted by Crippen LogP contribution is -2.31. The number of aryl methyl sites for hydroxylation is 1. The molecule has 0 aliphatic rings. The van der Waals surface area contributed by atoms with Gasteiger partial charge in [-0.15, -0.1) is 0 Å². The van der Waals surface area contributed by atoms with Crippen LogP contribution in [0.15, 0.2) is 71.6 Å². The summed E-state index contributed by atoms with van der Waals surface area (Å²) in [6.07, 6.45) is 0. The second-order valence-corrected chi connectivity index (χ2v) is 8.08. The Morgan fingerprint density at radius 1 is 0.929 bits per heavy atom. The summed E-state index contributed by atoms with van der Waals surface area (Å²) in [5.41, 5.74) is 1.28. The zero-order valence-electron chi connectivity index (χ0n) is 15.4. The van der Waals surface area contributed by atoms with Crippen molar-refractivity contribution >= 4 is 15.7 Å². The highest BCUT2D eigenvalue weighted by atomic mass is 32.2. The fourth-order valence-electron chi connectivity index (χ4n) is 2.88. The van der Waals surface area contributed by atoms with Crippen LogP contribution in [0.4, 0.5) is 14.5 Å². The Labute approximate surface area is 163 Å². The van der Waals surface area contributed by atoms with Crippen molar-refractivity contribution in [2.24, 2.45) is 0 Å². The number of nitrogens with zero attached hydrogens (tertiary/aromatic N) is 1. The van der Waals surface area contributed by atoms with E-state index in [-0.39, 0.29) is 17.0 Å².